The Balaban J connectivity index is 1.69. The van der Waals surface area contributed by atoms with E-state index in [-0.39, 0.29) is 12.5 Å². The summed E-state index contributed by atoms with van der Waals surface area (Å²) in [5.74, 6) is -6.89. The van der Waals surface area contributed by atoms with Gasteiger partial charge in [-0.2, -0.15) is 0 Å². The van der Waals surface area contributed by atoms with Crippen LogP contribution in [0.3, 0.4) is 0 Å². The molecular weight excluding hydrogens is 444 g/mol. The molecule has 0 aromatic heterocycles. The minimum Gasteiger partial charge on any atom is -0.459 e. The summed E-state index contributed by atoms with van der Waals surface area (Å²) in [7, 11) is 0. The Morgan fingerprint density at radius 2 is 2.00 bits per heavy atom. The van der Waals surface area contributed by atoms with E-state index >= 15 is 0 Å². The normalized spacial score (nSPS) is 52.2. The first-order valence-electron chi connectivity index (χ1n) is 12.2. The van der Waals surface area contributed by atoms with Crippen molar-refractivity contribution in [1.82, 2.24) is 0 Å². The third-order valence-corrected chi connectivity index (χ3v) is 9.89. The summed E-state index contributed by atoms with van der Waals surface area (Å²) in [6.07, 6.45) is -2.58. The first kappa shape index (κ1) is 23.9. The largest absolute Gasteiger partial charge is 0.459 e. The Morgan fingerprint density at radius 3 is 2.65 bits per heavy atom. The number of carbonyl (C=O) groups excluding carboxylic acids is 3. The highest BCUT2D eigenvalue weighted by Gasteiger charge is 2.83. The van der Waals surface area contributed by atoms with Gasteiger partial charge in [0.15, 0.2) is 11.6 Å². The van der Waals surface area contributed by atoms with E-state index in [0.717, 1.165) is 5.57 Å². The van der Waals surface area contributed by atoms with Crippen molar-refractivity contribution in [3.05, 3.63) is 11.6 Å². The highest BCUT2D eigenvalue weighted by Crippen LogP contribution is 2.73. The number of rotatable bonds is 3. The zero-order valence-corrected chi connectivity index (χ0v) is 20.2. The third-order valence-electron chi connectivity index (χ3n) is 9.89. The van der Waals surface area contributed by atoms with Crippen LogP contribution in [-0.4, -0.2) is 69.9 Å². The highest BCUT2D eigenvalue weighted by atomic mass is 16.7. The van der Waals surface area contributed by atoms with E-state index < -0.39 is 82.4 Å². The molecule has 2 saturated carbocycles. The molecule has 2 saturated heterocycles. The van der Waals surface area contributed by atoms with Gasteiger partial charge in [-0.1, -0.05) is 33.3 Å². The Hall–Kier alpha value is -1.81. The molecule has 12 atom stereocenters. The fraction of sp³-hybridized carbons (Fsp3) is 0.800. The number of aliphatic hydroxyl groups excluding tert-OH is 2. The van der Waals surface area contributed by atoms with Crippen LogP contribution < -0.4 is 0 Å². The van der Waals surface area contributed by atoms with E-state index in [1.807, 2.05) is 6.92 Å². The minimum absolute atomic E-state index is 0.0540. The van der Waals surface area contributed by atoms with Gasteiger partial charge in [0.1, 0.15) is 18.3 Å². The number of carbonyl (C=O) groups is 3. The maximum Gasteiger partial charge on any atom is 0.348 e. The van der Waals surface area contributed by atoms with Crippen molar-refractivity contribution < 1.29 is 43.9 Å². The van der Waals surface area contributed by atoms with E-state index in [4.69, 9.17) is 14.2 Å². The minimum atomic E-state index is -2.06. The maximum absolute atomic E-state index is 13.2. The van der Waals surface area contributed by atoms with Crippen molar-refractivity contribution in [3.63, 3.8) is 0 Å². The quantitative estimate of drug-likeness (QED) is 0.501. The monoisotopic (exact) mass is 478 g/mol. The molecule has 9 nitrogen and oxygen atoms in total. The van der Waals surface area contributed by atoms with Crippen LogP contribution in [0.5, 0.6) is 0 Å². The second-order valence-electron chi connectivity index (χ2n) is 11.4. The molecule has 3 N–H and O–H groups in total. The van der Waals surface area contributed by atoms with Gasteiger partial charge in [-0.15, -0.1) is 0 Å². The fourth-order valence-electron chi connectivity index (χ4n) is 8.14. The summed E-state index contributed by atoms with van der Waals surface area (Å²) in [4.78, 5) is 38.7. The molecule has 2 bridgehead atoms. The molecule has 9 heteroatoms. The van der Waals surface area contributed by atoms with E-state index in [2.05, 4.69) is 0 Å². The number of aliphatic hydroxyl groups is 3. The van der Waals surface area contributed by atoms with Gasteiger partial charge in [0.05, 0.1) is 12.5 Å². The number of hydrogen-bond acceptors (Lipinski definition) is 9. The van der Waals surface area contributed by atoms with Gasteiger partial charge in [0.25, 0.3) is 0 Å². The molecule has 0 radical (unpaired) electrons. The lowest BCUT2D eigenvalue weighted by atomic mass is 9.38. The summed E-state index contributed by atoms with van der Waals surface area (Å²) in [6.45, 7) is 8.74. The number of ketones is 1. The highest BCUT2D eigenvalue weighted by molar-refractivity contribution is 5.96. The van der Waals surface area contributed by atoms with Crippen molar-refractivity contribution in [3.8, 4) is 0 Å². The first-order chi connectivity index (χ1) is 15.8. The standard InChI is InChI=1S/C25H34O9/c1-6-10(2)20(29)34-17-16-12(4)18(27)25(31)22-23(5)13(11(3)7-14(26)19(23)28)8-15(33-21(17)30)24(16,22)9-32-25/h7,10,12-13,15-19,22,27-28,31H,6,8-9H2,1-5H3/t10-,12-,13+,15-,16-,17-,18-,19-,22-,23-,24+,25+/m1/s1. The van der Waals surface area contributed by atoms with E-state index in [0.29, 0.717) is 12.8 Å². The summed E-state index contributed by atoms with van der Waals surface area (Å²) in [5.41, 5.74) is -1.51. The first-order valence-corrected chi connectivity index (χ1v) is 12.2. The topological polar surface area (TPSA) is 140 Å². The molecule has 34 heavy (non-hydrogen) atoms. The van der Waals surface area contributed by atoms with Gasteiger partial charge < -0.3 is 29.5 Å². The number of esters is 2. The summed E-state index contributed by atoms with van der Waals surface area (Å²) in [6, 6.07) is 0. The van der Waals surface area contributed by atoms with E-state index in [1.54, 1.807) is 27.7 Å². The Labute approximate surface area is 198 Å². The molecule has 5 rings (SSSR count). The van der Waals surface area contributed by atoms with Crippen LogP contribution in [0.2, 0.25) is 0 Å². The second kappa shape index (κ2) is 7.35. The summed E-state index contributed by atoms with van der Waals surface area (Å²) < 4.78 is 17.6. The van der Waals surface area contributed by atoms with E-state index in [1.165, 1.54) is 6.08 Å². The lowest BCUT2D eigenvalue weighted by Crippen LogP contribution is -2.78. The smallest absolute Gasteiger partial charge is 0.348 e. The van der Waals surface area contributed by atoms with Crippen molar-refractivity contribution >= 4 is 17.7 Å². The SMILES string of the molecule is CC[C@@H](C)C(=O)O[C@H]1C(=O)O[C@@H]2C[C@H]3C(C)=CC(=O)[C@@H](O)[C@]3(C)[C@H]3[C@@]4(O)OC[C@]32[C@@H]1[C@@H](C)[C@H]4O. The summed E-state index contributed by atoms with van der Waals surface area (Å²) >= 11 is 0. The Bertz CT molecular complexity index is 975. The Kier molecular flexibility index (Phi) is 5.17. The van der Waals surface area contributed by atoms with Crippen LogP contribution in [0, 0.1) is 40.4 Å². The molecule has 2 aliphatic heterocycles. The van der Waals surface area contributed by atoms with Crippen molar-refractivity contribution in [2.75, 3.05) is 6.61 Å². The molecule has 0 unspecified atom stereocenters. The molecule has 3 aliphatic carbocycles. The van der Waals surface area contributed by atoms with Gasteiger partial charge >= 0.3 is 11.9 Å². The lowest BCUT2D eigenvalue weighted by molar-refractivity contribution is -0.340. The van der Waals surface area contributed by atoms with Crippen LogP contribution in [0.1, 0.15) is 47.5 Å². The van der Waals surface area contributed by atoms with Gasteiger partial charge in [0, 0.05) is 22.7 Å². The zero-order chi connectivity index (χ0) is 25.0. The number of fused-ring (bicyclic) bond motifs is 1. The average molecular weight is 479 g/mol. The van der Waals surface area contributed by atoms with Gasteiger partial charge in [-0.05, 0) is 37.7 Å². The number of hydrogen-bond donors (Lipinski definition) is 3. The third kappa shape index (κ3) is 2.61. The predicted molar refractivity (Wildman–Crippen MR) is 116 cm³/mol. The molecule has 188 valence electrons. The van der Waals surface area contributed by atoms with Crippen LogP contribution in [0.15, 0.2) is 11.6 Å². The maximum atomic E-state index is 13.2. The average Bonchev–Trinajstić information content (AvgIpc) is 3.08. The van der Waals surface area contributed by atoms with Crippen LogP contribution in [-0.2, 0) is 28.6 Å². The molecule has 4 fully saturated rings. The molecular formula is C25H34O9. The molecule has 0 aromatic rings. The second-order valence-corrected chi connectivity index (χ2v) is 11.4. The molecule has 5 aliphatic rings. The summed E-state index contributed by atoms with van der Waals surface area (Å²) in [5, 5.41) is 34.3. The fourth-order valence-corrected chi connectivity index (χ4v) is 8.14. The van der Waals surface area contributed by atoms with Crippen molar-refractivity contribution in [2.24, 2.45) is 40.4 Å². The van der Waals surface area contributed by atoms with Crippen LogP contribution >= 0.6 is 0 Å². The Morgan fingerprint density at radius 1 is 1.32 bits per heavy atom. The zero-order valence-electron chi connectivity index (χ0n) is 20.2. The predicted octanol–water partition coefficient (Wildman–Crippen LogP) is 0.734. The van der Waals surface area contributed by atoms with Gasteiger partial charge in [0.2, 0.25) is 6.10 Å². The van der Waals surface area contributed by atoms with Crippen LogP contribution in [0.25, 0.3) is 0 Å². The molecule has 1 spiro atoms. The molecule has 0 amide bonds. The van der Waals surface area contributed by atoms with E-state index in [9.17, 15) is 29.7 Å². The van der Waals surface area contributed by atoms with Gasteiger partial charge in [-0.25, -0.2) is 4.79 Å². The lowest BCUT2D eigenvalue weighted by Gasteiger charge is -2.68. The van der Waals surface area contributed by atoms with Crippen LogP contribution in [0.4, 0.5) is 0 Å². The number of ether oxygens (including phenoxy) is 3. The van der Waals surface area contributed by atoms with Crippen molar-refractivity contribution in [2.45, 2.75) is 77.7 Å². The molecule has 2 heterocycles. The number of allylic oxidation sites excluding steroid dienone is 1. The van der Waals surface area contributed by atoms with Crippen molar-refractivity contribution in [1.29, 1.82) is 0 Å². The molecule has 0 aromatic carbocycles. The van der Waals surface area contributed by atoms with Gasteiger partial charge in [-0.3, -0.25) is 9.59 Å².